The van der Waals surface area contributed by atoms with Crippen LogP contribution in [0.25, 0.3) is 11.4 Å². The standard InChI is InChI=1S/C14H16N2O4S/c1-9(14(17)19-3)21-8-12-15-13(16-20-12)10-4-6-11(18-2)7-5-10/h4-7,9H,8H2,1-3H3. The number of carbonyl (C=O) groups excluding carboxylic acids is 1. The number of ether oxygens (including phenoxy) is 2. The smallest absolute Gasteiger partial charge is 0.318 e. The van der Waals surface area contributed by atoms with E-state index >= 15 is 0 Å². The molecule has 0 spiro atoms. The summed E-state index contributed by atoms with van der Waals surface area (Å²) in [6, 6.07) is 7.38. The summed E-state index contributed by atoms with van der Waals surface area (Å²) in [6.07, 6.45) is 0. The fraction of sp³-hybridized carbons (Fsp3) is 0.357. The summed E-state index contributed by atoms with van der Waals surface area (Å²) in [4.78, 5) is 15.6. The van der Waals surface area contributed by atoms with Gasteiger partial charge in [0.15, 0.2) is 0 Å². The van der Waals surface area contributed by atoms with Crippen molar-refractivity contribution in [1.82, 2.24) is 10.1 Å². The van der Waals surface area contributed by atoms with Crippen molar-refractivity contribution in [3.63, 3.8) is 0 Å². The molecule has 1 aromatic heterocycles. The largest absolute Gasteiger partial charge is 0.497 e. The van der Waals surface area contributed by atoms with Crippen molar-refractivity contribution < 1.29 is 18.8 Å². The molecular formula is C14H16N2O4S. The van der Waals surface area contributed by atoms with E-state index in [-0.39, 0.29) is 11.2 Å². The molecule has 0 N–H and O–H groups in total. The summed E-state index contributed by atoms with van der Waals surface area (Å²) in [5.74, 6) is 1.94. The zero-order valence-corrected chi connectivity index (χ0v) is 12.8. The maximum Gasteiger partial charge on any atom is 0.318 e. The Kier molecular flexibility index (Phi) is 5.21. The summed E-state index contributed by atoms with van der Waals surface area (Å²) in [5.41, 5.74) is 0.844. The van der Waals surface area contributed by atoms with Crippen molar-refractivity contribution in [2.45, 2.75) is 17.9 Å². The summed E-state index contributed by atoms with van der Waals surface area (Å²) in [6.45, 7) is 1.78. The van der Waals surface area contributed by atoms with E-state index < -0.39 is 0 Å². The lowest BCUT2D eigenvalue weighted by molar-refractivity contribution is -0.139. The van der Waals surface area contributed by atoms with Crippen LogP contribution < -0.4 is 4.74 Å². The Labute approximate surface area is 126 Å². The van der Waals surface area contributed by atoms with E-state index in [0.717, 1.165) is 11.3 Å². The minimum Gasteiger partial charge on any atom is -0.497 e. The van der Waals surface area contributed by atoms with E-state index in [1.165, 1.54) is 18.9 Å². The number of hydrogen-bond acceptors (Lipinski definition) is 7. The Hall–Kier alpha value is -2.02. The molecule has 0 bridgehead atoms. The predicted molar refractivity (Wildman–Crippen MR) is 79.1 cm³/mol. The monoisotopic (exact) mass is 308 g/mol. The average molecular weight is 308 g/mol. The highest BCUT2D eigenvalue weighted by Gasteiger charge is 2.16. The maximum atomic E-state index is 11.3. The molecule has 1 aromatic carbocycles. The highest BCUT2D eigenvalue weighted by molar-refractivity contribution is 7.99. The molecule has 0 amide bonds. The van der Waals surface area contributed by atoms with E-state index in [1.54, 1.807) is 14.0 Å². The highest BCUT2D eigenvalue weighted by Crippen LogP contribution is 2.22. The molecule has 0 saturated carbocycles. The Morgan fingerprint density at radius 2 is 2.05 bits per heavy atom. The van der Waals surface area contributed by atoms with E-state index in [0.29, 0.717) is 17.5 Å². The second-order valence-electron chi connectivity index (χ2n) is 4.22. The number of aromatic nitrogens is 2. The molecule has 2 rings (SSSR count). The van der Waals surface area contributed by atoms with Gasteiger partial charge in [-0.25, -0.2) is 0 Å². The van der Waals surface area contributed by atoms with Gasteiger partial charge in [0, 0.05) is 5.56 Å². The van der Waals surface area contributed by atoms with Gasteiger partial charge in [0.1, 0.15) is 11.0 Å². The van der Waals surface area contributed by atoms with Crippen molar-refractivity contribution in [1.29, 1.82) is 0 Å². The van der Waals surface area contributed by atoms with Crippen LogP contribution in [-0.4, -0.2) is 35.6 Å². The molecule has 0 fully saturated rings. The molecule has 0 saturated heterocycles. The van der Waals surface area contributed by atoms with E-state index in [1.807, 2.05) is 24.3 Å². The molecule has 0 aliphatic carbocycles. The number of benzene rings is 1. The van der Waals surface area contributed by atoms with Crippen LogP contribution in [0.4, 0.5) is 0 Å². The zero-order valence-electron chi connectivity index (χ0n) is 12.0. The topological polar surface area (TPSA) is 74.5 Å². The Morgan fingerprint density at radius 3 is 2.67 bits per heavy atom. The molecule has 7 heteroatoms. The normalized spacial score (nSPS) is 12.0. The van der Waals surface area contributed by atoms with Gasteiger partial charge in [-0.1, -0.05) is 5.16 Å². The Bertz CT molecular complexity index is 597. The van der Waals surface area contributed by atoms with Crippen LogP contribution in [0, 0.1) is 0 Å². The number of hydrogen-bond donors (Lipinski definition) is 0. The highest BCUT2D eigenvalue weighted by atomic mass is 32.2. The van der Waals surface area contributed by atoms with Crippen molar-refractivity contribution in [2.24, 2.45) is 0 Å². The number of thioether (sulfide) groups is 1. The van der Waals surface area contributed by atoms with E-state index in [2.05, 4.69) is 14.9 Å². The number of carbonyl (C=O) groups is 1. The summed E-state index contributed by atoms with van der Waals surface area (Å²) < 4.78 is 14.9. The Morgan fingerprint density at radius 1 is 1.33 bits per heavy atom. The van der Waals surface area contributed by atoms with Crippen LogP contribution in [0.5, 0.6) is 5.75 Å². The minimum atomic E-state index is -0.272. The fourth-order valence-electron chi connectivity index (χ4n) is 1.60. The molecule has 1 unspecified atom stereocenters. The lowest BCUT2D eigenvalue weighted by Crippen LogP contribution is -2.14. The fourth-order valence-corrected chi connectivity index (χ4v) is 2.34. The van der Waals surface area contributed by atoms with Gasteiger partial charge in [0.2, 0.25) is 11.7 Å². The molecule has 1 atom stereocenters. The third-order valence-corrected chi connectivity index (χ3v) is 3.91. The molecule has 21 heavy (non-hydrogen) atoms. The van der Waals surface area contributed by atoms with Crippen LogP contribution in [-0.2, 0) is 15.3 Å². The van der Waals surface area contributed by atoms with Crippen molar-refractivity contribution in [3.05, 3.63) is 30.2 Å². The molecule has 0 aliphatic heterocycles. The minimum absolute atomic E-state index is 0.269. The van der Waals surface area contributed by atoms with Crippen LogP contribution in [0.2, 0.25) is 0 Å². The van der Waals surface area contributed by atoms with Gasteiger partial charge in [-0.2, -0.15) is 4.98 Å². The van der Waals surface area contributed by atoms with Gasteiger partial charge >= 0.3 is 5.97 Å². The van der Waals surface area contributed by atoms with Gasteiger partial charge in [-0.05, 0) is 31.2 Å². The molecule has 0 radical (unpaired) electrons. The van der Waals surface area contributed by atoms with Crippen LogP contribution in [0.3, 0.4) is 0 Å². The van der Waals surface area contributed by atoms with Crippen LogP contribution in [0.15, 0.2) is 28.8 Å². The molecule has 2 aromatic rings. The molecule has 1 heterocycles. The quantitative estimate of drug-likeness (QED) is 0.759. The first-order valence-corrected chi connectivity index (χ1v) is 7.35. The van der Waals surface area contributed by atoms with E-state index in [9.17, 15) is 4.79 Å². The first kappa shape index (κ1) is 15.4. The Balaban J connectivity index is 1.99. The van der Waals surface area contributed by atoms with Gasteiger partial charge in [-0.15, -0.1) is 11.8 Å². The molecule has 0 aliphatic rings. The molecule has 6 nitrogen and oxygen atoms in total. The first-order valence-electron chi connectivity index (χ1n) is 6.30. The van der Waals surface area contributed by atoms with Gasteiger partial charge in [0.25, 0.3) is 0 Å². The SMILES string of the molecule is COC(=O)C(C)SCc1nc(-c2ccc(OC)cc2)no1. The maximum absolute atomic E-state index is 11.3. The van der Waals surface area contributed by atoms with Crippen molar-refractivity contribution >= 4 is 17.7 Å². The number of nitrogens with zero attached hydrogens (tertiary/aromatic N) is 2. The summed E-state index contributed by atoms with van der Waals surface area (Å²) in [7, 11) is 2.98. The average Bonchev–Trinajstić information content (AvgIpc) is 3.00. The van der Waals surface area contributed by atoms with Gasteiger partial charge in [0.05, 0.1) is 20.0 Å². The first-order chi connectivity index (χ1) is 10.1. The number of methoxy groups -OCH3 is 2. The van der Waals surface area contributed by atoms with E-state index in [4.69, 9.17) is 9.26 Å². The molecular weight excluding hydrogens is 292 g/mol. The van der Waals surface area contributed by atoms with Gasteiger partial charge in [-0.3, -0.25) is 4.79 Å². The second kappa shape index (κ2) is 7.12. The third-order valence-electron chi connectivity index (χ3n) is 2.81. The number of rotatable bonds is 6. The van der Waals surface area contributed by atoms with Crippen molar-refractivity contribution in [2.75, 3.05) is 14.2 Å². The van der Waals surface area contributed by atoms with Crippen LogP contribution in [0.1, 0.15) is 12.8 Å². The van der Waals surface area contributed by atoms with Crippen molar-refractivity contribution in [3.8, 4) is 17.1 Å². The molecule has 112 valence electrons. The third kappa shape index (κ3) is 3.98. The van der Waals surface area contributed by atoms with Gasteiger partial charge < -0.3 is 14.0 Å². The summed E-state index contributed by atoms with van der Waals surface area (Å²) in [5, 5.41) is 3.66. The van der Waals surface area contributed by atoms with Crippen LogP contribution >= 0.6 is 11.8 Å². The lowest BCUT2D eigenvalue weighted by atomic mass is 10.2. The second-order valence-corrected chi connectivity index (χ2v) is 5.55. The predicted octanol–water partition coefficient (Wildman–Crippen LogP) is 2.54. The lowest BCUT2D eigenvalue weighted by Gasteiger charge is -2.05. The number of esters is 1. The zero-order chi connectivity index (χ0) is 15.2. The summed E-state index contributed by atoms with van der Waals surface area (Å²) >= 11 is 1.39.